The molecule has 1 atom stereocenters. The number of ketones is 1. The Balaban J connectivity index is 1.81. The van der Waals surface area contributed by atoms with Crippen LogP contribution in [0.25, 0.3) is 0 Å². The number of hydrogen-bond donors (Lipinski definition) is 0. The first-order valence-corrected chi connectivity index (χ1v) is 7.31. The van der Waals surface area contributed by atoms with Crippen molar-refractivity contribution in [2.45, 2.75) is 19.3 Å². The Morgan fingerprint density at radius 3 is 2.95 bits per heavy atom. The van der Waals surface area contributed by atoms with Crippen molar-refractivity contribution in [3.8, 4) is 0 Å². The number of nitrogens with zero attached hydrogens (tertiary/aromatic N) is 1. The van der Waals surface area contributed by atoms with Gasteiger partial charge in [0.2, 0.25) is 0 Å². The van der Waals surface area contributed by atoms with Crippen LogP contribution in [0.4, 0.5) is 8.78 Å². The highest BCUT2D eigenvalue weighted by atomic mass is 19.2. The van der Waals surface area contributed by atoms with Gasteiger partial charge < -0.3 is 9.64 Å². The number of benzene rings is 1. The van der Waals surface area contributed by atoms with Crippen LogP contribution in [0, 0.1) is 17.6 Å². The van der Waals surface area contributed by atoms with Gasteiger partial charge in [0.25, 0.3) is 0 Å². The second kappa shape index (κ2) is 7.61. The van der Waals surface area contributed by atoms with E-state index in [9.17, 15) is 13.6 Å². The number of rotatable bonds is 6. The summed E-state index contributed by atoms with van der Waals surface area (Å²) in [5.41, 5.74) is -0.163. The van der Waals surface area contributed by atoms with Gasteiger partial charge in [-0.15, -0.1) is 0 Å². The van der Waals surface area contributed by atoms with Gasteiger partial charge in [-0.2, -0.15) is 0 Å². The molecule has 1 unspecified atom stereocenters. The zero-order valence-electron chi connectivity index (χ0n) is 12.3. The zero-order valence-corrected chi connectivity index (χ0v) is 12.3. The first-order chi connectivity index (χ1) is 10.1. The normalized spacial score (nSPS) is 19.0. The Morgan fingerprint density at radius 2 is 2.24 bits per heavy atom. The maximum Gasteiger partial charge on any atom is 0.169 e. The van der Waals surface area contributed by atoms with E-state index in [1.165, 1.54) is 12.1 Å². The highest BCUT2D eigenvalue weighted by Gasteiger charge is 2.18. The van der Waals surface area contributed by atoms with Crippen molar-refractivity contribution in [1.29, 1.82) is 0 Å². The van der Waals surface area contributed by atoms with E-state index in [2.05, 4.69) is 4.90 Å². The number of halogens is 2. The summed E-state index contributed by atoms with van der Waals surface area (Å²) >= 11 is 0. The molecule has 0 N–H and O–H groups in total. The molecule has 1 fully saturated rings. The van der Waals surface area contributed by atoms with Gasteiger partial charge in [-0.25, -0.2) is 8.78 Å². The van der Waals surface area contributed by atoms with Crippen molar-refractivity contribution in [3.05, 3.63) is 35.4 Å². The van der Waals surface area contributed by atoms with Crippen LogP contribution < -0.4 is 0 Å². The van der Waals surface area contributed by atoms with Crippen molar-refractivity contribution in [2.75, 3.05) is 33.4 Å². The van der Waals surface area contributed by atoms with E-state index in [-0.39, 0.29) is 17.8 Å². The van der Waals surface area contributed by atoms with Crippen LogP contribution in [-0.2, 0) is 4.74 Å². The summed E-state index contributed by atoms with van der Waals surface area (Å²) in [7, 11) is 1.93. The summed E-state index contributed by atoms with van der Waals surface area (Å²) in [5, 5.41) is 0. The first-order valence-electron chi connectivity index (χ1n) is 7.31. The highest BCUT2D eigenvalue weighted by Crippen LogP contribution is 2.16. The van der Waals surface area contributed by atoms with E-state index < -0.39 is 11.6 Å². The molecule has 2 rings (SSSR count). The largest absolute Gasteiger partial charge is 0.381 e. The molecule has 1 saturated heterocycles. The number of Topliss-reactive ketones (excluding diaryl/α,β-unsaturated/α-hetero) is 1. The van der Waals surface area contributed by atoms with Crippen LogP contribution in [0.2, 0.25) is 0 Å². The summed E-state index contributed by atoms with van der Waals surface area (Å²) in [5.74, 6) is -1.90. The molecule has 116 valence electrons. The van der Waals surface area contributed by atoms with Crippen LogP contribution in [-0.4, -0.2) is 44.0 Å². The Kier molecular flexibility index (Phi) is 5.82. The van der Waals surface area contributed by atoms with Crippen molar-refractivity contribution in [2.24, 2.45) is 5.92 Å². The van der Waals surface area contributed by atoms with Crippen LogP contribution in [0.15, 0.2) is 18.2 Å². The highest BCUT2D eigenvalue weighted by molar-refractivity contribution is 5.96. The molecule has 0 radical (unpaired) electrons. The lowest BCUT2D eigenvalue weighted by Crippen LogP contribution is -2.32. The quantitative estimate of drug-likeness (QED) is 0.756. The van der Waals surface area contributed by atoms with E-state index in [0.29, 0.717) is 12.5 Å². The average Bonchev–Trinajstić information content (AvgIpc) is 2.48. The lowest BCUT2D eigenvalue weighted by atomic mass is 10.0. The van der Waals surface area contributed by atoms with Crippen molar-refractivity contribution in [1.82, 2.24) is 4.90 Å². The van der Waals surface area contributed by atoms with Crippen LogP contribution in [0.3, 0.4) is 0 Å². The minimum Gasteiger partial charge on any atom is -0.381 e. The minimum atomic E-state index is -1.05. The molecule has 21 heavy (non-hydrogen) atoms. The van der Waals surface area contributed by atoms with Gasteiger partial charge in [0, 0.05) is 26.1 Å². The lowest BCUT2D eigenvalue weighted by Gasteiger charge is -2.26. The van der Waals surface area contributed by atoms with Crippen LogP contribution in [0.5, 0.6) is 0 Å². The maximum atomic E-state index is 13.5. The van der Waals surface area contributed by atoms with E-state index in [1.54, 1.807) is 0 Å². The SMILES string of the molecule is CN(CCC(=O)c1cccc(F)c1F)CC1CCCOC1. The second-order valence-corrected chi connectivity index (χ2v) is 5.62. The predicted octanol–water partition coefficient (Wildman–Crippen LogP) is 2.90. The fourth-order valence-corrected chi connectivity index (χ4v) is 2.63. The van der Waals surface area contributed by atoms with E-state index >= 15 is 0 Å². The summed E-state index contributed by atoms with van der Waals surface area (Å²) in [6, 6.07) is 3.70. The van der Waals surface area contributed by atoms with Gasteiger partial charge in [0.1, 0.15) is 0 Å². The third-order valence-corrected chi connectivity index (χ3v) is 3.80. The van der Waals surface area contributed by atoms with Crippen molar-refractivity contribution < 1.29 is 18.3 Å². The third-order valence-electron chi connectivity index (χ3n) is 3.80. The van der Waals surface area contributed by atoms with Gasteiger partial charge in [-0.1, -0.05) is 6.07 Å². The lowest BCUT2D eigenvalue weighted by molar-refractivity contribution is 0.0418. The third kappa shape index (κ3) is 4.58. The fraction of sp³-hybridized carbons (Fsp3) is 0.562. The van der Waals surface area contributed by atoms with Gasteiger partial charge in [0.15, 0.2) is 17.4 Å². The Labute approximate surface area is 123 Å². The molecule has 1 heterocycles. The molecular formula is C16H21F2NO2. The summed E-state index contributed by atoms with van der Waals surface area (Å²) in [6.07, 6.45) is 2.40. The molecular weight excluding hydrogens is 276 g/mol. The predicted molar refractivity (Wildman–Crippen MR) is 76.3 cm³/mol. The molecule has 0 aromatic heterocycles. The number of carbonyl (C=O) groups is 1. The first kappa shape index (κ1) is 16.0. The Hall–Kier alpha value is -1.33. The number of carbonyl (C=O) groups excluding carboxylic acids is 1. The Morgan fingerprint density at radius 1 is 1.43 bits per heavy atom. The standard InChI is InChI=1S/C16H21F2NO2/c1-19(10-12-4-3-9-21-11-12)8-7-15(20)13-5-2-6-14(17)16(13)18/h2,5-6,12H,3-4,7-11H2,1H3. The zero-order chi connectivity index (χ0) is 15.2. The Bertz CT molecular complexity index is 487. The monoisotopic (exact) mass is 297 g/mol. The molecule has 3 nitrogen and oxygen atoms in total. The smallest absolute Gasteiger partial charge is 0.169 e. The molecule has 0 amide bonds. The number of hydrogen-bond acceptors (Lipinski definition) is 3. The maximum absolute atomic E-state index is 13.5. The van der Waals surface area contributed by atoms with Crippen LogP contribution >= 0.6 is 0 Å². The van der Waals surface area contributed by atoms with Crippen molar-refractivity contribution in [3.63, 3.8) is 0 Å². The van der Waals surface area contributed by atoms with E-state index in [4.69, 9.17) is 4.74 Å². The molecule has 0 saturated carbocycles. The molecule has 1 aliphatic rings. The molecule has 0 aliphatic carbocycles. The average molecular weight is 297 g/mol. The van der Waals surface area contributed by atoms with E-state index in [0.717, 1.165) is 38.7 Å². The fourth-order valence-electron chi connectivity index (χ4n) is 2.63. The molecule has 1 aromatic rings. The van der Waals surface area contributed by atoms with Gasteiger partial charge in [-0.05, 0) is 37.9 Å². The van der Waals surface area contributed by atoms with E-state index in [1.807, 2.05) is 7.05 Å². The van der Waals surface area contributed by atoms with Crippen molar-refractivity contribution >= 4 is 5.78 Å². The molecule has 0 spiro atoms. The summed E-state index contributed by atoms with van der Waals surface area (Å²) in [4.78, 5) is 14.0. The topological polar surface area (TPSA) is 29.5 Å². The summed E-state index contributed by atoms with van der Waals surface area (Å²) in [6.45, 7) is 2.98. The molecule has 1 aliphatic heterocycles. The summed E-state index contributed by atoms with van der Waals surface area (Å²) < 4.78 is 32.0. The molecule has 1 aromatic carbocycles. The number of ether oxygens (including phenoxy) is 1. The molecule has 0 bridgehead atoms. The van der Waals surface area contributed by atoms with Gasteiger partial charge in [0.05, 0.1) is 12.2 Å². The van der Waals surface area contributed by atoms with Gasteiger partial charge in [-0.3, -0.25) is 4.79 Å². The second-order valence-electron chi connectivity index (χ2n) is 5.62. The van der Waals surface area contributed by atoms with Crippen LogP contribution in [0.1, 0.15) is 29.6 Å². The van der Waals surface area contributed by atoms with Gasteiger partial charge >= 0.3 is 0 Å². The minimum absolute atomic E-state index is 0.163. The molecule has 5 heteroatoms.